The van der Waals surface area contributed by atoms with Crippen molar-refractivity contribution in [2.24, 2.45) is 5.16 Å². The third kappa shape index (κ3) is 5.13. The van der Waals surface area contributed by atoms with E-state index in [1.54, 1.807) is 0 Å². The van der Waals surface area contributed by atoms with Crippen LogP contribution in [0.3, 0.4) is 0 Å². The number of sulfonamides is 1. The first-order valence-electron chi connectivity index (χ1n) is 9.17. The van der Waals surface area contributed by atoms with Gasteiger partial charge in [0.25, 0.3) is 11.8 Å². The number of carbonyl (C=O) groups excluding carboxylic acids is 2. The topological polar surface area (TPSA) is 123 Å². The van der Waals surface area contributed by atoms with Gasteiger partial charge in [0.2, 0.25) is 5.60 Å². The molecule has 1 aromatic rings. The van der Waals surface area contributed by atoms with Crippen LogP contribution >= 0.6 is 0 Å². The zero-order valence-corrected chi connectivity index (χ0v) is 17.3. The summed E-state index contributed by atoms with van der Waals surface area (Å²) in [5.74, 6) is -4.09. The Morgan fingerprint density at radius 2 is 1.85 bits per heavy atom. The molecule has 0 aromatic heterocycles. The maximum atomic E-state index is 13.5. The van der Waals surface area contributed by atoms with Gasteiger partial charge in [0, 0.05) is 24.5 Å². The van der Waals surface area contributed by atoms with Crippen LogP contribution in [0.5, 0.6) is 0 Å². The molecule has 9 nitrogen and oxygen atoms in total. The minimum absolute atomic E-state index is 0.0378. The van der Waals surface area contributed by atoms with Crippen LogP contribution in [0.1, 0.15) is 18.4 Å². The first-order valence-corrected chi connectivity index (χ1v) is 10.7. The highest BCUT2D eigenvalue weighted by Gasteiger charge is 2.49. The van der Waals surface area contributed by atoms with Crippen LogP contribution < -0.4 is 10.0 Å². The molecule has 2 unspecified atom stereocenters. The lowest BCUT2D eigenvalue weighted by Crippen LogP contribution is -2.50. The van der Waals surface area contributed by atoms with Crippen LogP contribution in [0.25, 0.3) is 0 Å². The zero-order chi connectivity index (χ0) is 24.6. The smallest absolute Gasteiger partial charge is 0.374 e. The van der Waals surface area contributed by atoms with Crippen LogP contribution in [0.15, 0.2) is 36.0 Å². The van der Waals surface area contributed by atoms with E-state index in [4.69, 9.17) is 9.57 Å². The lowest BCUT2D eigenvalue weighted by Gasteiger charge is -2.23. The molecule has 180 valence electrons. The highest BCUT2D eigenvalue weighted by molar-refractivity contribution is 7.90. The van der Waals surface area contributed by atoms with Gasteiger partial charge >= 0.3 is 15.5 Å². The molecule has 33 heavy (non-hydrogen) atoms. The molecule has 3 rings (SSSR count). The Bertz CT molecular complexity index is 1100. The summed E-state index contributed by atoms with van der Waals surface area (Å²) in [6, 6.07) is 1.74. The van der Waals surface area contributed by atoms with Crippen LogP contribution in [0, 0.1) is 11.6 Å². The molecule has 0 saturated carbocycles. The van der Waals surface area contributed by atoms with E-state index in [0.717, 1.165) is 22.9 Å². The number of amides is 2. The van der Waals surface area contributed by atoms with E-state index >= 15 is 0 Å². The second kappa shape index (κ2) is 8.70. The molecule has 2 aliphatic heterocycles. The maximum Gasteiger partial charge on any atom is 0.516 e. The van der Waals surface area contributed by atoms with Crippen molar-refractivity contribution in [2.75, 3.05) is 6.61 Å². The van der Waals surface area contributed by atoms with Gasteiger partial charge in [0.15, 0.2) is 0 Å². The van der Waals surface area contributed by atoms with Gasteiger partial charge in [-0.2, -0.15) is 21.6 Å². The number of alkyl halides is 3. The summed E-state index contributed by atoms with van der Waals surface area (Å²) in [6.07, 6.45) is -1.04. The lowest BCUT2D eigenvalue weighted by molar-refractivity contribution is -0.139. The second-order valence-corrected chi connectivity index (χ2v) is 8.88. The van der Waals surface area contributed by atoms with E-state index in [9.17, 15) is 40.0 Å². The van der Waals surface area contributed by atoms with Gasteiger partial charge in [-0.1, -0.05) is 11.7 Å². The first-order chi connectivity index (χ1) is 15.3. The number of halogens is 5. The Kier molecular flexibility index (Phi) is 6.48. The monoisotopic (exact) mass is 497 g/mol. The van der Waals surface area contributed by atoms with E-state index in [-0.39, 0.29) is 30.7 Å². The second-order valence-electron chi connectivity index (χ2n) is 7.20. The summed E-state index contributed by atoms with van der Waals surface area (Å²) < 4.78 is 92.1. The third-order valence-electron chi connectivity index (χ3n) is 4.82. The molecule has 2 amide bonds. The molecule has 0 radical (unpaired) electrons. The Morgan fingerprint density at radius 1 is 1.21 bits per heavy atom. The quantitative estimate of drug-likeness (QED) is 0.451. The van der Waals surface area contributed by atoms with Crippen molar-refractivity contribution in [3.05, 3.63) is 48.1 Å². The Morgan fingerprint density at radius 3 is 2.42 bits per heavy atom. The summed E-state index contributed by atoms with van der Waals surface area (Å²) in [5, 5.41) is 6.15. The summed E-state index contributed by atoms with van der Waals surface area (Å²) in [4.78, 5) is 29.8. The molecule has 1 saturated heterocycles. The predicted molar refractivity (Wildman–Crippen MR) is 101 cm³/mol. The lowest BCUT2D eigenvalue weighted by atomic mass is 9.92. The van der Waals surface area contributed by atoms with Gasteiger partial charge in [-0.15, -0.1) is 0 Å². The van der Waals surface area contributed by atoms with Crippen molar-refractivity contribution >= 4 is 27.5 Å². The van der Waals surface area contributed by atoms with Crippen molar-refractivity contribution in [1.29, 1.82) is 0 Å². The number of oxime groups is 1. The van der Waals surface area contributed by atoms with Crippen molar-refractivity contribution in [3.8, 4) is 0 Å². The molecule has 0 aliphatic carbocycles. The minimum Gasteiger partial charge on any atom is -0.374 e. The molecular weight excluding hydrogens is 481 g/mol. The molecular formula is C18H16F5N3O6S. The number of ether oxygens (including phenoxy) is 1. The van der Waals surface area contributed by atoms with Crippen molar-refractivity contribution in [1.82, 2.24) is 10.0 Å². The van der Waals surface area contributed by atoms with Crippen molar-refractivity contribution < 1.29 is 49.5 Å². The molecule has 0 spiro atoms. The number of benzene rings is 1. The fourth-order valence-corrected chi connectivity index (χ4v) is 3.63. The van der Waals surface area contributed by atoms with E-state index < -0.39 is 56.7 Å². The molecule has 2 N–H and O–H groups in total. The first kappa shape index (κ1) is 24.6. The number of carbonyl (C=O) groups is 2. The Hall–Kier alpha value is -3.07. The van der Waals surface area contributed by atoms with E-state index in [1.165, 1.54) is 0 Å². The highest BCUT2D eigenvalue weighted by Crippen LogP contribution is 2.30. The van der Waals surface area contributed by atoms with Crippen LogP contribution in [0.2, 0.25) is 0 Å². The maximum absolute atomic E-state index is 13.5. The molecule has 2 aliphatic rings. The van der Waals surface area contributed by atoms with Gasteiger partial charge < -0.3 is 14.9 Å². The number of hydrogen-bond donors (Lipinski definition) is 2. The largest absolute Gasteiger partial charge is 0.516 e. The predicted octanol–water partition coefficient (Wildman–Crippen LogP) is 1.25. The zero-order valence-electron chi connectivity index (χ0n) is 16.5. The number of hydrogen-bond acceptors (Lipinski definition) is 7. The fraction of sp³-hybridized carbons (Fsp3) is 0.389. The minimum atomic E-state index is -5.91. The normalized spacial score (nSPS) is 25.2. The van der Waals surface area contributed by atoms with Crippen LogP contribution in [-0.2, 0) is 29.2 Å². The standard InChI is InChI=1S/C18H16F5N3O6S/c1-2-17(7-13(25-32-17)9-3-10(19)5-11(20)4-9)16(28)24-12-6-14(31-8-12)15(27)26-33(29,30)18(21,22)23/h2-5,12,14H,1,6-8H2,(H,24,28)(H,26,27)/t12?,14?,17-/m1/s1. The summed E-state index contributed by atoms with van der Waals surface area (Å²) in [6.45, 7) is 3.19. The highest BCUT2D eigenvalue weighted by atomic mass is 32.2. The summed E-state index contributed by atoms with van der Waals surface area (Å²) in [5.41, 5.74) is -7.36. The van der Waals surface area contributed by atoms with Crippen LogP contribution in [0.4, 0.5) is 22.0 Å². The fourth-order valence-electron chi connectivity index (χ4n) is 3.12. The van der Waals surface area contributed by atoms with Gasteiger partial charge in [-0.3, -0.25) is 9.59 Å². The third-order valence-corrected chi connectivity index (χ3v) is 5.90. The number of nitrogens with zero attached hydrogens (tertiary/aromatic N) is 1. The average Bonchev–Trinajstić information content (AvgIpc) is 3.34. The molecule has 0 bridgehead atoms. The van der Waals surface area contributed by atoms with E-state index in [1.807, 2.05) is 0 Å². The summed E-state index contributed by atoms with van der Waals surface area (Å²) >= 11 is 0. The van der Waals surface area contributed by atoms with E-state index in [0.29, 0.717) is 6.07 Å². The van der Waals surface area contributed by atoms with Crippen molar-refractivity contribution in [3.63, 3.8) is 0 Å². The van der Waals surface area contributed by atoms with Crippen molar-refractivity contribution in [2.45, 2.75) is 36.1 Å². The molecule has 3 atom stereocenters. The van der Waals surface area contributed by atoms with Gasteiger partial charge in [0.1, 0.15) is 17.7 Å². The van der Waals surface area contributed by atoms with Gasteiger partial charge in [0.05, 0.1) is 18.4 Å². The molecule has 15 heteroatoms. The Labute approximate surface area is 183 Å². The molecule has 1 aromatic carbocycles. The molecule has 1 fully saturated rings. The molecule has 2 heterocycles. The van der Waals surface area contributed by atoms with Gasteiger partial charge in [-0.05, 0) is 18.2 Å². The van der Waals surface area contributed by atoms with E-state index in [2.05, 4.69) is 17.1 Å². The number of nitrogens with one attached hydrogen (secondary N) is 2. The van der Waals surface area contributed by atoms with Crippen LogP contribution in [-0.4, -0.2) is 55.8 Å². The number of rotatable bonds is 6. The summed E-state index contributed by atoms with van der Waals surface area (Å²) in [7, 11) is -5.91. The van der Waals surface area contributed by atoms with Gasteiger partial charge in [-0.25, -0.2) is 13.5 Å². The SMILES string of the molecule is C=C[C@]1(C(=O)NC2COC(C(=O)NS(=O)(=O)C(F)(F)F)C2)CC(c2cc(F)cc(F)c2)=NO1. The Balaban J connectivity index is 1.62. The average molecular weight is 497 g/mol.